The molecule has 2 aromatic heterocycles. The van der Waals surface area contributed by atoms with Crippen LogP contribution in [0, 0.1) is 6.92 Å². The molecule has 0 spiro atoms. The van der Waals surface area contributed by atoms with Gasteiger partial charge in [-0.2, -0.15) is 4.98 Å². The molecule has 0 unspecified atom stereocenters. The van der Waals surface area contributed by atoms with Crippen LogP contribution in [-0.4, -0.2) is 39.6 Å². The fourth-order valence-corrected chi connectivity index (χ4v) is 2.77. The van der Waals surface area contributed by atoms with Crippen molar-refractivity contribution in [3.05, 3.63) is 34.4 Å². The average Bonchev–Trinajstić information content (AvgIpc) is 2.91. The van der Waals surface area contributed by atoms with E-state index in [4.69, 9.17) is 9.47 Å². The second-order valence-corrected chi connectivity index (χ2v) is 5.59. The third kappa shape index (κ3) is 3.00. The summed E-state index contributed by atoms with van der Waals surface area (Å²) >= 11 is 1.45. The van der Waals surface area contributed by atoms with Crippen LogP contribution >= 0.6 is 11.8 Å². The minimum Gasteiger partial charge on any atom is -0.350 e. The maximum atomic E-state index is 11.9. The minimum absolute atomic E-state index is 0.133. The third-order valence-corrected chi connectivity index (χ3v) is 3.85. The van der Waals surface area contributed by atoms with Gasteiger partial charge < -0.3 is 9.47 Å². The van der Waals surface area contributed by atoms with Crippen molar-refractivity contribution in [2.75, 3.05) is 19.0 Å². The molecule has 1 aliphatic rings. The molecule has 3 rings (SSSR count). The van der Waals surface area contributed by atoms with Crippen LogP contribution in [0.15, 0.2) is 28.3 Å². The smallest absolute Gasteiger partial charge is 0.350 e. The molecule has 0 amide bonds. The number of thioether (sulfide) groups is 1. The summed E-state index contributed by atoms with van der Waals surface area (Å²) in [5, 5.41) is 0.499. The zero-order valence-electron chi connectivity index (χ0n) is 11.1. The first-order valence-electron chi connectivity index (χ1n) is 6.45. The molecule has 3 heterocycles. The Morgan fingerprint density at radius 3 is 3.00 bits per heavy atom. The summed E-state index contributed by atoms with van der Waals surface area (Å²) in [7, 11) is 0. The Hall–Kier alpha value is -1.44. The highest BCUT2D eigenvalue weighted by molar-refractivity contribution is 7.99. The Labute approximate surface area is 120 Å². The molecule has 1 fully saturated rings. The van der Waals surface area contributed by atoms with Crippen molar-refractivity contribution in [2.24, 2.45) is 0 Å². The molecule has 6 nitrogen and oxygen atoms in total. The Morgan fingerprint density at radius 2 is 2.20 bits per heavy atom. The van der Waals surface area contributed by atoms with Crippen molar-refractivity contribution in [2.45, 2.75) is 24.8 Å². The zero-order chi connectivity index (χ0) is 13.9. The van der Waals surface area contributed by atoms with Crippen LogP contribution in [0.1, 0.15) is 12.0 Å². The maximum Gasteiger partial charge on any atom is 0.355 e. The van der Waals surface area contributed by atoms with E-state index in [1.807, 2.05) is 19.1 Å². The van der Waals surface area contributed by atoms with Gasteiger partial charge in [0, 0.05) is 18.4 Å². The molecule has 0 atom stereocenters. The summed E-state index contributed by atoms with van der Waals surface area (Å²) in [6.45, 7) is 3.28. The van der Waals surface area contributed by atoms with Gasteiger partial charge in [0.1, 0.15) is 5.65 Å². The van der Waals surface area contributed by atoms with Crippen LogP contribution in [0.5, 0.6) is 0 Å². The first kappa shape index (κ1) is 13.5. The number of rotatable bonds is 4. The van der Waals surface area contributed by atoms with Crippen LogP contribution in [0.2, 0.25) is 0 Å². The number of fused-ring (bicyclic) bond motifs is 1. The molecule has 1 saturated heterocycles. The van der Waals surface area contributed by atoms with Gasteiger partial charge in [0.05, 0.1) is 13.2 Å². The highest BCUT2D eigenvalue weighted by atomic mass is 32.2. The van der Waals surface area contributed by atoms with Gasteiger partial charge in [-0.05, 0) is 24.6 Å². The van der Waals surface area contributed by atoms with Gasteiger partial charge in [0.25, 0.3) is 0 Å². The van der Waals surface area contributed by atoms with Gasteiger partial charge in [0.15, 0.2) is 11.4 Å². The molecule has 1 aliphatic heterocycles. The van der Waals surface area contributed by atoms with Crippen molar-refractivity contribution in [1.82, 2.24) is 14.4 Å². The standard InChI is InChI=1S/C13H15N3O3S/c1-9-2-4-16-10(8-9)14-12(15-13(16)17)20-7-3-11-18-5-6-19-11/h2,4,8,11H,3,5-7H2,1H3. The molecule has 106 valence electrons. The van der Waals surface area contributed by atoms with Gasteiger partial charge >= 0.3 is 5.69 Å². The Kier molecular flexibility index (Phi) is 4.00. The molecule has 0 N–H and O–H groups in total. The zero-order valence-corrected chi connectivity index (χ0v) is 11.9. The van der Waals surface area contributed by atoms with E-state index >= 15 is 0 Å². The summed E-state index contributed by atoms with van der Waals surface area (Å²) in [6, 6.07) is 3.73. The van der Waals surface area contributed by atoms with E-state index in [9.17, 15) is 4.79 Å². The molecular weight excluding hydrogens is 278 g/mol. The maximum absolute atomic E-state index is 11.9. The monoisotopic (exact) mass is 293 g/mol. The van der Waals surface area contributed by atoms with E-state index in [0.717, 1.165) is 17.7 Å². The van der Waals surface area contributed by atoms with Crippen LogP contribution in [-0.2, 0) is 9.47 Å². The second kappa shape index (κ2) is 5.90. The number of aromatic nitrogens is 3. The Morgan fingerprint density at radius 1 is 1.40 bits per heavy atom. The predicted octanol–water partition coefficient (Wildman–Crippen LogP) is 1.25. The molecule has 0 aliphatic carbocycles. The summed E-state index contributed by atoms with van der Waals surface area (Å²) in [5.74, 6) is 0.756. The third-order valence-electron chi connectivity index (χ3n) is 2.97. The number of nitrogens with zero attached hydrogens (tertiary/aromatic N) is 3. The summed E-state index contributed by atoms with van der Waals surface area (Å²) in [6.07, 6.45) is 2.33. The lowest BCUT2D eigenvalue weighted by Gasteiger charge is -2.07. The van der Waals surface area contributed by atoms with E-state index in [1.165, 1.54) is 16.2 Å². The van der Waals surface area contributed by atoms with Crippen LogP contribution in [0.3, 0.4) is 0 Å². The molecule has 0 bridgehead atoms. The summed E-state index contributed by atoms with van der Waals surface area (Å²) < 4.78 is 12.2. The molecular formula is C13H15N3O3S. The van der Waals surface area contributed by atoms with Gasteiger partial charge in [-0.25, -0.2) is 9.78 Å². The van der Waals surface area contributed by atoms with Crippen LogP contribution < -0.4 is 5.69 Å². The lowest BCUT2D eigenvalue weighted by molar-refractivity contribution is -0.0421. The SMILES string of the molecule is Cc1ccn2c(=O)nc(SCCC3OCCO3)nc2c1. The second-order valence-electron chi connectivity index (χ2n) is 4.53. The fourth-order valence-electron chi connectivity index (χ4n) is 1.98. The topological polar surface area (TPSA) is 65.7 Å². The largest absolute Gasteiger partial charge is 0.355 e. The summed E-state index contributed by atoms with van der Waals surface area (Å²) in [5.41, 5.74) is 1.39. The van der Waals surface area contributed by atoms with Gasteiger partial charge in [-0.15, -0.1) is 0 Å². The van der Waals surface area contributed by atoms with E-state index in [2.05, 4.69) is 9.97 Å². The predicted molar refractivity (Wildman–Crippen MR) is 75.0 cm³/mol. The first-order valence-corrected chi connectivity index (χ1v) is 7.44. The highest BCUT2D eigenvalue weighted by Gasteiger charge is 2.15. The van der Waals surface area contributed by atoms with E-state index < -0.39 is 0 Å². The number of hydrogen-bond donors (Lipinski definition) is 0. The first-order chi connectivity index (χ1) is 9.72. The molecule has 0 aromatic carbocycles. The van der Waals surface area contributed by atoms with Gasteiger partial charge in [0.2, 0.25) is 0 Å². The Balaban J connectivity index is 1.72. The fraction of sp³-hybridized carbons (Fsp3) is 0.462. The summed E-state index contributed by atoms with van der Waals surface area (Å²) in [4.78, 5) is 20.2. The Bertz CT molecular complexity index is 667. The van der Waals surface area contributed by atoms with Gasteiger partial charge in [-0.3, -0.25) is 4.40 Å². The molecule has 2 aromatic rings. The van der Waals surface area contributed by atoms with Crippen molar-refractivity contribution in [3.8, 4) is 0 Å². The van der Waals surface area contributed by atoms with Crippen LogP contribution in [0.4, 0.5) is 0 Å². The molecule has 20 heavy (non-hydrogen) atoms. The van der Waals surface area contributed by atoms with Crippen LogP contribution in [0.25, 0.3) is 5.65 Å². The van der Waals surface area contributed by atoms with Crippen molar-refractivity contribution >= 4 is 17.4 Å². The van der Waals surface area contributed by atoms with E-state index in [0.29, 0.717) is 24.0 Å². The number of ether oxygens (including phenoxy) is 2. The average molecular weight is 293 g/mol. The molecule has 0 radical (unpaired) electrons. The highest BCUT2D eigenvalue weighted by Crippen LogP contribution is 2.17. The number of pyridine rings is 1. The van der Waals surface area contributed by atoms with E-state index in [-0.39, 0.29) is 12.0 Å². The van der Waals surface area contributed by atoms with Crippen molar-refractivity contribution in [1.29, 1.82) is 0 Å². The lowest BCUT2D eigenvalue weighted by atomic mass is 10.3. The minimum atomic E-state index is -0.300. The number of aryl methyl sites for hydroxylation is 1. The number of hydrogen-bond acceptors (Lipinski definition) is 6. The molecule has 0 saturated carbocycles. The quantitative estimate of drug-likeness (QED) is 0.791. The normalized spacial score (nSPS) is 16.1. The van der Waals surface area contributed by atoms with Gasteiger partial charge in [-0.1, -0.05) is 11.8 Å². The van der Waals surface area contributed by atoms with Crippen molar-refractivity contribution < 1.29 is 9.47 Å². The molecule has 7 heteroatoms. The van der Waals surface area contributed by atoms with Crippen molar-refractivity contribution in [3.63, 3.8) is 0 Å². The lowest BCUT2D eigenvalue weighted by Crippen LogP contribution is -2.19. The van der Waals surface area contributed by atoms with E-state index in [1.54, 1.807) is 6.20 Å².